The Bertz CT molecular complexity index is 499. The van der Waals surface area contributed by atoms with E-state index in [4.69, 9.17) is 0 Å². The van der Waals surface area contributed by atoms with Gasteiger partial charge in [0.1, 0.15) is 5.82 Å². The summed E-state index contributed by atoms with van der Waals surface area (Å²) >= 11 is 1.69. The molecule has 1 heterocycles. The van der Waals surface area contributed by atoms with Crippen molar-refractivity contribution in [1.82, 2.24) is 10.3 Å². The first-order valence-electron chi connectivity index (χ1n) is 7.11. The summed E-state index contributed by atoms with van der Waals surface area (Å²) in [6.45, 7) is 4.14. The first kappa shape index (κ1) is 15.1. The third-order valence-electron chi connectivity index (χ3n) is 3.22. The van der Waals surface area contributed by atoms with Gasteiger partial charge in [0.15, 0.2) is 0 Å². The fourth-order valence-corrected chi connectivity index (χ4v) is 3.03. The maximum atomic E-state index is 13.3. The van der Waals surface area contributed by atoms with Crippen LogP contribution in [0.3, 0.4) is 0 Å². The van der Waals surface area contributed by atoms with Crippen molar-refractivity contribution < 1.29 is 4.39 Å². The summed E-state index contributed by atoms with van der Waals surface area (Å²) in [5.41, 5.74) is 1.06. The van der Waals surface area contributed by atoms with Crippen LogP contribution in [-0.2, 0) is 12.8 Å². The van der Waals surface area contributed by atoms with Crippen molar-refractivity contribution in [1.29, 1.82) is 0 Å². The van der Waals surface area contributed by atoms with Crippen molar-refractivity contribution >= 4 is 11.3 Å². The molecular formula is C16H21FN2S. The van der Waals surface area contributed by atoms with Crippen LogP contribution in [0.2, 0.25) is 0 Å². The Hall–Kier alpha value is -1.26. The van der Waals surface area contributed by atoms with Crippen LogP contribution in [0.5, 0.6) is 0 Å². The van der Waals surface area contributed by atoms with E-state index < -0.39 is 0 Å². The van der Waals surface area contributed by atoms with Gasteiger partial charge in [-0.2, -0.15) is 0 Å². The van der Waals surface area contributed by atoms with Crippen molar-refractivity contribution in [2.24, 2.45) is 5.92 Å². The van der Waals surface area contributed by atoms with Gasteiger partial charge in [-0.1, -0.05) is 19.1 Å². The molecule has 0 saturated carbocycles. The second kappa shape index (κ2) is 8.12. The molecule has 4 heteroatoms. The quantitative estimate of drug-likeness (QED) is 0.751. The maximum Gasteiger partial charge on any atom is 0.123 e. The average molecular weight is 292 g/mol. The van der Waals surface area contributed by atoms with Crippen molar-refractivity contribution in [2.45, 2.75) is 26.2 Å². The van der Waals surface area contributed by atoms with Crippen LogP contribution in [0.4, 0.5) is 4.39 Å². The molecule has 0 bridgehead atoms. The molecule has 0 amide bonds. The van der Waals surface area contributed by atoms with E-state index in [0.717, 1.165) is 42.9 Å². The Labute approximate surface area is 124 Å². The predicted octanol–water partition coefficient (Wildman–Crippen LogP) is 3.68. The highest BCUT2D eigenvalue weighted by molar-refractivity contribution is 7.09. The lowest BCUT2D eigenvalue weighted by Crippen LogP contribution is -2.26. The summed E-state index contributed by atoms with van der Waals surface area (Å²) in [6.07, 6.45) is 4.81. The van der Waals surface area contributed by atoms with Crippen LogP contribution in [0, 0.1) is 11.7 Å². The molecule has 1 unspecified atom stereocenters. The molecule has 1 aromatic heterocycles. The minimum Gasteiger partial charge on any atom is -0.316 e. The highest BCUT2D eigenvalue weighted by Gasteiger charge is 2.12. The summed E-state index contributed by atoms with van der Waals surface area (Å²) in [7, 11) is 0. The van der Waals surface area contributed by atoms with Gasteiger partial charge in [-0.05, 0) is 49.5 Å². The van der Waals surface area contributed by atoms with Gasteiger partial charge >= 0.3 is 0 Å². The number of nitrogens with one attached hydrogen (secondary N) is 1. The number of hydrogen-bond acceptors (Lipinski definition) is 3. The van der Waals surface area contributed by atoms with Crippen molar-refractivity contribution in [2.75, 3.05) is 13.1 Å². The van der Waals surface area contributed by atoms with Gasteiger partial charge in [-0.3, -0.25) is 0 Å². The van der Waals surface area contributed by atoms with Crippen LogP contribution in [0.1, 0.15) is 23.9 Å². The zero-order valence-corrected chi connectivity index (χ0v) is 12.6. The Morgan fingerprint density at radius 3 is 2.95 bits per heavy atom. The number of thiazole rings is 1. The van der Waals surface area contributed by atoms with Gasteiger partial charge in [0.05, 0.1) is 5.01 Å². The van der Waals surface area contributed by atoms with Crippen LogP contribution >= 0.6 is 11.3 Å². The largest absolute Gasteiger partial charge is 0.316 e. The van der Waals surface area contributed by atoms with Crippen LogP contribution in [0.15, 0.2) is 35.8 Å². The zero-order valence-electron chi connectivity index (χ0n) is 11.8. The molecule has 20 heavy (non-hydrogen) atoms. The minimum atomic E-state index is -0.156. The number of nitrogens with zero attached hydrogens (tertiary/aromatic N) is 1. The van der Waals surface area contributed by atoms with E-state index in [1.165, 1.54) is 6.07 Å². The lowest BCUT2D eigenvalue weighted by molar-refractivity contribution is 0.469. The Morgan fingerprint density at radius 2 is 2.25 bits per heavy atom. The molecule has 2 rings (SSSR count). The lowest BCUT2D eigenvalue weighted by Gasteiger charge is -2.16. The smallest absolute Gasteiger partial charge is 0.123 e. The van der Waals surface area contributed by atoms with E-state index in [1.807, 2.05) is 17.6 Å². The fraction of sp³-hybridized carbons (Fsp3) is 0.438. The first-order valence-corrected chi connectivity index (χ1v) is 7.99. The number of hydrogen-bond donors (Lipinski definition) is 1. The van der Waals surface area contributed by atoms with Gasteiger partial charge < -0.3 is 5.32 Å². The van der Waals surface area contributed by atoms with Gasteiger partial charge in [0.25, 0.3) is 0 Å². The van der Waals surface area contributed by atoms with E-state index in [9.17, 15) is 4.39 Å². The van der Waals surface area contributed by atoms with E-state index in [-0.39, 0.29) is 5.82 Å². The molecule has 0 fully saturated rings. The molecule has 0 aliphatic heterocycles. The molecule has 1 atom stereocenters. The van der Waals surface area contributed by atoms with Crippen LogP contribution in [-0.4, -0.2) is 18.1 Å². The molecule has 0 saturated heterocycles. The van der Waals surface area contributed by atoms with E-state index in [0.29, 0.717) is 5.92 Å². The van der Waals surface area contributed by atoms with Crippen molar-refractivity contribution in [3.63, 3.8) is 0 Å². The Morgan fingerprint density at radius 1 is 1.35 bits per heavy atom. The highest BCUT2D eigenvalue weighted by Crippen LogP contribution is 2.16. The standard InChI is InChI=1S/C16H21FN2S/c1-2-6-18-12-14(11-16-19-7-8-20-16)9-13-4-3-5-15(17)10-13/h3-5,7-8,10,14,18H,2,6,9,11-12H2,1H3. The third kappa shape index (κ3) is 5.02. The zero-order chi connectivity index (χ0) is 14.2. The van der Waals surface area contributed by atoms with Gasteiger partial charge in [-0.25, -0.2) is 9.37 Å². The minimum absolute atomic E-state index is 0.156. The summed E-state index contributed by atoms with van der Waals surface area (Å²) in [4.78, 5) is 4.36. The van der Waals surface area contributed by atoms with E-state index in [1.54, 1.807) is 23.5 Å². The van der Waals surface area contributed by atoms with Crippen molar-refractivity contribution in [3.8, 4) is 0 Å². The molecule has 1 N–H and O–H groups in total. The molecule has 0 spiro atoms. The molecule has 2 aromatic rings. The topological polar surface area (TPSA) is 24.9 Å². The predicted molar refractivity (Wildman–Crippen MR) is 82.6 cm³/mol. The molecule has 2 nitrogen and oxygen atoms in total. The Balaban J connectivity index is 1.97. The molecule has 0 aliphatic carbocycles. The second-order valence-electron chi connectivity index (χ2n) is 5.03. The molecule has 0 aliphatic rings. The average Bonchev–Trinajstić information content (AvgIpc) is 2.92. The maximum absolute atomic E-state index is 13.3. The summed E-state index contributed by atoms with van der Waals surface area (Å²) in [6, 6.07) is 6.91. The summed E-state index contributed by atoms with van der Waals surface area (Å²) < 4.78 is 13.3. The second-order valence-corrected chi connectivity index (χ2v) is 6.01. The molecular weight excluding hydrogens is 271 g/mol. The molecule has 108 valence electrons. The summed E-state index contributed by atoms with van der Waals surface area (Å²) in [5, 5.41) is 6.63. The van der Waals surface area contributed by atoms with Crippen LogP contribution < -0.4 is 5.32 Å². The van der Waals surface area contributed by atoms with E-state index in [2.05, 4.69) is 17.2 Å². The normalized spacial score (nSPS) is 12.5. The SMILES string of the molecule is CCCNCC(Cc1cccc(F)c1)Cc1nccs1. The van der Waals surface area contributed by atoms with Gasteiger partial charge in [0.2, 0.25) is 0 Å². The monoisotopic (exact) mass is 292 g/mol. The van der Waals surface area contributed by atoms with E-state index >= 15 is 0 Å². The Kier molecular flexibility index (Phi) is 6.15. The number of halogens is 1. The number of benzene rings is 1. The first-order chi connectivity index (χ1) is 9.78. The van der Waals surface area contributed by atoms with Crippen molar-refractivity contribution in [3.05, 3.63) is 52.2 Å². The highest BCUT2D eigenvalue weighted by atomic mass is 32.1. The molecule has 1 aromatic carbocycles. The van der Waals surface area contributed by atoms with Gasteiger partial charge in [-0.15, -0.1) is 11.3 Å². The number of rotatable bonds is 8. The number of aromatic nitrogens is 1. The lowest BCUT2D eigenvalue weighted by atomic mass is 9.96. The van der Waals surface area contributed by atoms with Crippen LogP contribution in [0.25, 0.3) is 0 Å². The summed E-state index contributed by atoms with van der Waals surface area (Å²) in [5.74, 6) is 0.298. The van der Waals surface area contributed by atoms with Gasteiger partial charge in [0, 0.05) is 18.0 Å². The molecule has 0 radical (unpaired) electrons. The fourth-order valence-electron chi connectivity index (χ4n) is 2.30. The third-order valence-corrected chi connectivity index (χ3v) is 4.02.